The summed E-state index contributed by atoms with van der Waals surface area (Å²) in [6.45, 7) is 12.3. The minimum Gasteiger partial charge on any atom is -0.476 e. The molecule has 22 heavy (non-hydrogen) atoms. The van der Waals surface area contributed by atoms with E-state index in [1.807, 2.05) is 34.0 Å². The highest BCUT2D eigenvalue weighted by molar-refractivity contribution is 8.22. The summed E-state index contributed by atoms with van der Waals surface area (Å²) in [6, 6.07) is 0. The molecule has 2 fully saturated rings. The van der Waals surface area contributed by atoms with Crippen LogP contribution in [-0.4, -0.2) is 53.7 Å². The monoisotopic (exact) mass is 348 g/mol. The molecule has 0 spiro atoms. The number of thiocarbonyl (C=S) groups is 1. The SMILES string of the molecule is C=C1COC(C)(C)OC1[C@H]1OC(C)(C)O[C@@H]1COC(=S)SC. The van der Waals surface area contributed by atoms with E-state index in [9.17, 15) is 0 Å². The Balaban J connectivity index is 2.11. The summed E-state index contributed by atoms with van der Waals surface area (Å²) in [4.78, 5) is 0. The van der Waals surface area contributed by atoms with Gasteiger partial charge in [-0.05, 0) is 51.7 Å². The molecule has 0 aromatic rings. The maximum Gasteiger partial charge on any atom is 0.219 e. The van der Waals surface area contributed by atoms with Crippen molar-refractivity contribution < 1.29 is 23.7 Å². The van der Waals surface area contributed by atoms with E-state index < -0.39 is 11.6 Å². The normalized spacial score (nSPS) is 33.7. The molecular formula is C15H24O5S2. The van der Waals surface area contributed by atoms with E-state index in [1.165, 1.54) is 11.8 Å². The van der Waals surface area contributed by atoms with Crippen LogP contribution in [0.2, 0.25) is 0 Å². The Morgan fingerprint density at radius 1 is 1.27 bits per heavy atom. The third-order valence-corrected chi connectivity index (χ3v) is 4.54. The lowest BCUT2D eigenvalue weighted by atomic mass is 10.0. The van der Waals surface area contributed by atoms with Crippen molar-refractivity contribution in [3.05, 3.63) is 12.2 Å². The average Bonchev–Trinajstić information content (AvgIpc) is 2.74. The summed E-state index contributed by atoms with van der Waals surface area (Å²) in [5, 5.41) is 0. The molecule has 0 aromatic carbocycles. The maximum absolute atomic E-state index is 6.04. The minimum atomic E-state index is -0.703. The highest BCUT2D eigenvalue weighted by Gasteiger charge is 2.49. The van der Waals surface area contributed by atoms with Crippen LogP contribution in [0.5, 0.6) is 0 Å². The fourth-order valence-corrected chi connectivity index (χ4v) is 2.78. The zero-order chi connectivity index (χ0) is 16.5. The number of rotatable bonds is 3. The zero-order valence-corrected chi connectivity index (χ0v) is 15.3. The van der Waals surface area contributed by atoms with Gasteiger partial charge in [-0.3, -0.25) is 0 Å². The standard InChI is InChI=1S/C15H24O5S2/c1-9-7-17-14(2,3)19-11(9)12-10(8-16-13(21)22-6)18-15(4,5)20-12/h10-12H,1,7-8H2,2-6H3/t10-,11?,12+/m1/s1. The molecule has 0 saturated carbocycles. The van der Waals surface area contributed by atoms with Crippen LogP contribution in [0.25, 0.3) is 0 Å². The van der Waals surface area contributed by atoms with Crippen molar-refractivity contribution in [2.45, 2.75) is 57.6 Å². The van der Waals surface area contributed by atoms with E-state index in [0.29, 0.717) is 17.6 Å². The third-order valence-electron chi connectivity index (χ3n) is 3.47. The van der Waals surface area contributed by atoms with E-state index in [2.05, 4.69) is 6.58 Å². The molecule has 5 nitrogen and oxygen atoms in total. The second-order valence-electron chi connectivity index (χ2n) is 6.29. The second-order valence-corrected chi connectivity index (χ2v) is 7.70. The molecule has 3 atom stereocenters. The van der Waals surface area contributed by atoms with Crippen LogP contribution in [0.15, 0.2) is 12.2 Å². The third kappa shape index (κ3) is 4.43. The fourth-order valence-electron chi connectivity index (χ4n) is 2.53. The Bertz CT molecular complexity index is 449. The largest absolute Gasteiger partial charge is 0.476 e. The summed E-state index contributed by atoms with van der Waals surface area (Å²) in [6.07, 6.45) is 0.981. The van der Waals surface area contributed by atoms with Gasteiger partial charge in [-0.25, -0.2) is 0 Å². The molecule has 2 aliphatic rings. The Morgan fingerprint density at radius 2 is 1.95 bits per heavy atom. The first-order chi connectivity index (χ1) is 10.1. The van der Waals surface area contributed by atoms with Gasteiger partial charge >= 0.3 is 0 Å². The van der Waals surface area contributed by atoms with Gasteiger partial charge in [-0.2, -0.15) is 0 Å². The lowest BCUT2D eigenvalue weighted by molar-refractivity contribution is -0.272. The van der Waals surface area contributed by atoms with Gasteiger partial charge in [0.15, 0.2) is 11.6 Å². The molecule has 7 heteroatoms. The molecular weight excluding hydrogens is 324 g/mol. The molecule has 0 aliphatic carbocycles. The molecule has 0 bridgehead atoms. The lowest BCUT2D eigenvalue weighted by Crippen LogP contribution is -2.50. The Kier molecular flexibility index (Phi) is 5.57. The second kappa shape index (κ2) is 6.75. The van der Waals surface area contributed by atoms with Crippen LogP contribution < -0.4 is 0 Å². The first-order valence-corrected chi connectivity index (χ1v) is 8.83. The lowest BCUT2D eigenvalue weighted by Gasteiger charge is -2.40. The van der Waals surface area contributed by atoms with Crippen LogP contribution in [-0.2, 0) is 23.7 Å². The number of thioether (sulfide) groups is 1. The van der Waals surface area contributed by atoms with Crippen LogP contribution in [0, 0.1) is 0 Å². The van der Waals surface area contributed by atoms with Gasteiger partial charge < -0.3 is 23.7 Å². The van der Waals surface area contributed by atoms with Gasteiger partial charge in [0.2, 0.25) is 4.38 Å². The highest BCUT2D eigenvalue weighted by Crippen LogP contribution is 2.37. The van der Waals surface area contributed by atoms with Crippen molar-refractivity contribution in [3.8, 4) is 0 Å². The van der Waals surface area contributed by atoms with Crippen LogP contribution >= 0.6 is 24.0 Å². The van der Waals surface area contributed by atoms with Crippen molar-refractivity contribution in [2.75, 3.05) is 19.5 Å². The quantitative estimate of drug-likeness (QED) is 0.574. The van der Waals surface area contributed by atoms with Gasteiger partial charge in [-0.1, -0.05) is 18.3 Å². The van der Waals surface area contributed by atoms with E-state index in [1.54, 1.807) is 0 Å². The molecule has 126 valence electrons. The van der Waals surface area contributed by atoms with Gasteiger partial charge in [-0.15, -0.1) is 0 Å². The molecule has 0 aromatic heterocycles. The van der Waals surface area contributed by atoms with Crippen LogP contribution in [0.1, 0.15) is 27.7 Å². The molecule has 2 aliphatic heterocycles. The molecule has 0 radical (unpaired) electrons. The summed E-state index contributed by atoms with van der Waals surface area (Å²) in [5.74, 6) is -1.38. The summed E-state index contributed by atoms with van der Waals surface area (Å²) in [5.41, 5.74) is 0.836. The number of ether oxygens (including phenoxy) is 5. The fraction of sp³-hybridized carbons (Fsp3) is 0.800. The zero-order valence-electron chi connectivity index (χ0n) is 13.7. The molecule has 2 rings (SSSR count). The van der Waals surface area contributed by atoms with E-state index in [-0.39, 0.29) is 18.3 Å². The van der Waals surface area contributed by atoms with Crippen molar-refractivity contribution >= 4 is 28.4 Å². The van der Waals surface area contributed by atoms with Crippen LogP contribution in [0.4, 0.5) is 0 Å². The Morgan fingerprint density at radius 3 is 2.59 bits per heavy atom. The van der Waals surface area contributed by atoms with E-state index >= 15 is 0 Å². The molecule has 2 heterocycles. The molecule has 0 N–H and O–H groups in total. The predicted octanol–water partition coefficient (Wildman–Crippen LogP) is 2.88. The molecule has 0 amide bonds. The maximum atomic E-state index is 6.04. The minimum absolute atomic E-state index is 0.282. The van der Waals surface area contributed by atoms with Gasteiger partial charge in [0.25, 0.3) is 0 Å². The molecule has 2 saturated heterocycles. The summed E-state index contributed by atoms with van der Waals surface area (Å²) in [7, 11) is 0. The Labute approximate surface area is 141 Å². The van der Waals surface area contributed by atoms with Crippen molar-refractivity contribution in [1.82, 2.24) is 0 Å². The highest BCUT2D eigenvalue weighted by atomic mass is 32.2. The first-order valence-electron chi connectivity index (χ1n) is 7.19. The average molecular weight is 348 g/mol. The van der Waals surface area contributed by atoms with E-state index in [4.69, 9.17) is 35.9 Å². The predicted molar refractivity (Wildman–Crippen MR) is 89.9 cm³/mol. The summed E-state index contributed by atoms with van der Waals surface area (Å²) < 4.78 is 29.6. The smallest absolute Gasteiger partial charge is 0.219 e. The van der Waals surface area contributed by atoms with Gasteiger partial charge in [0, 0.05) is 0 Å². The van der Waals surface area contributed by atoms with E-state index in [0.717, 1.165) is 5.57 Å². The van der Waals surface area contributed by atoms with Crippen molar-refractivity contribution in [2.24, 2.45) is 0 Å². The van der Waals surface area contributed by atoms with Gasteiger partial charge in [0.05, 0.1) is 6.61 Å². The van der Waals surface area contributed by atoms with Crippen molar-refractivity contribution in [1.29, 1.82) is 0 Å². The van der Waals surface area contributed by atoms with Gasteiger partial charge in [0.1, 0.15) is 24.9 Å². The number of hydrogen-bond donors (Lipinski definition) is 0. The Hall–Kier alpha value is -0.180. The topological polar surface area (TPSA) is 46.2 Å². The van der Waals surface area contributed by atoms with Crippen LogP contribution in [0.3, 0.4) is 0 Å². The number of hydrogen-bond acceptors (Lipinski definition) is 7. The summed E-state index contributed by atoms with van der Waals surface area (Å²) >= 11 is 6.47. The molecule has 1 unspecified atom stereocenters. The van der Waals surface area contributed by atoms with Crippen molar-refractivity contribution in [3.63, 3.8) is 0 Å². The first kappa shape index (κ1) is 18.2.